The Labute approximate surface area is 238 Å². The number of nitrogens with one attached hydrogen (secondary N) is 3. The number of morpholine rings is 1. The number of aromatic nitrogens is 3. The Morgan fingerprint density at radius 2 is 1.92 bits per heavy atom. The molecular weight excluding hydrogens is 584 g/mol. The normalized spacial score (nSPS) is 13.8. The molecule has 39 heavy (non-hydrogen) atoms. The number of anilines is 1. The molecule has 2 aromatic carbocycles. The number of hydrogen-bond acceptors (Lipinski definition) is 8. The van der Waals surface area contributed by atoms with Gasteiger partial charge in [-0.2, -0.15) is 0 Å². The van der Waals surface area contributed by atoms with Gasteiger partial charge in [-0.05, 0) is 39.7 Å². The number of carbonyl (C=O) groups is 2. The first-order valence-corrected chi connectivity index (χ1v) is 14.2. The zero-order valence-electron chi connectivity index (χ0n) is 21.0. The number of amides is 2. The molecule has 202 valence electrons. The van der Waals surface area contributed by atoms with Crippen molar-refractivity contribution in [3.63, 3.8) is 0 Å². The summed E-state index contributed by atoms with van der Waals surface area (Å²) < 4.78 is 11.0. The van der Waals surface area contributed by atoms with Crippen molar-refractivity contribution in [3.05, 3.63) is 76.4 Å². The summed E-state index contributed by atoms with van der Waals surface area (Å²) >= 11 is 4.99. The molecule has 1 saturated heterocycles. The van der Waals surface area contributed by atoms with Gasteiger partial charge in [0.15, 0.2) is 0 Å². The lowest BCUT2D eigenvalue weighted by atomic mass is 10.1. The molecule has 0 saturated carbocycles. The van der Waals surface area contributed by atoms with Crippen molar-refractivity contribution in [3.8, 4) is 5.88 Å². The zero-order valence-corrected chi connectivity index (χ0v) is 23.4. The van der Waals surface area contributed by atoms with Gasteiger partial charge < -0.3 is 20.1 Å². The Balaban J connectivity index is 1.18. The average molecular weight is 612 g/mol. The fourth-order valence-electron chi connectivity index (χ4n) is 4.12. The van der Waals surface area contributed by atoms with E-state index in [1.54, 1.807) is 24.0 Å². The molecule has 1 fully saturated rings. The number of carbonyl (C=O) groups excluding carboxylic acids is 2. The SMILES string of the molecule is O=C(NCCN1CCOCC1)Oc1n[nH]c(NC(=O)c2ccccc2CSc2cccc3cccnc23)c1Br. The molecule has 0 unspecified atom stereocenters. The molecule has 2 amide bonds. The van der Waals surface area contributed by atoms with Gasteiger partial charge in [-0.25, -0.2) is 4.79 Å². The van der Waals surface area contributed by atoms with Crippen molar-refractivity contribution in [2.75, 3.05) is 44.7 Å². The van der Waals surface area contributed by atoms with Crippen LogP contribution in [0.4, 0.5) is 10.6 Å². The highest BCUT2D eigenvalue weighted by molar-refractivity contribution is 9.10. The van der Waals surface area contributed by atoms with Gasteiger partial charge >= 0.3 is 6.09 Å². The predicted octanol–water partition coefficient (Wildman–Crippen LogP) is 4.69. The Bertz CT molecular complexity index is 1450. The average Bonchev–Trinajstić information content (AvgIpc) is 3.30. The van der Waals surface area contributed by atoms with Crippen molar-refractivity contribution in [2.45, 2.75) is 10.6 Å². The van der Waals surface area contributed by atoms with Crippen LogP contribution >= 0.6 is 27.7 Å². The Morgan fingerprint density at radius 3 is 2.79 bits per heavy atom. The Hall–Kier alpha value is -3.45. The first-order valence-electron chi connectivity index (χ1n) is 12.4. The number of thioether (sulfide) groups is 1. The number of pyridine rings is 1. The third-order valence-corrected chi connectivity index (χ3v) is 7.98. The van der Waals surface area contributed by atoms with Gasteiger partial charge in [-0.1, -0.05) is 36.4 Å². The predicted molar refractivity (Wildman–Crippen MR) is 153 cm³/mol. The summed E-state index contributed by atoms with van der Waals surface area (Å²) in [6.45, 7) is 4.22. The van der Waals surface area contributed by atoms with E-state index >= 15 is 0 Å². The van der Waals surface area contributed by atoms with Gasteiger partial charge in [-0.3, -0.25) is 19.8 Å². The second-order valence-electron chi connectivity index (χ2n) is 8.72. The van der Waals surface area contributed by atoms with E-state index < -0.39 is 6.09 Å². The maximum Gasteiger partial charge on any atom is 0.414 e. The van der Waals surface area contributed by atoms with Gasteiger partial charge in [0, 0.05) is 54.0 Å². The molecule has 0 aliphatic carbocycles. The molecule has 12 heteroatoms. The second kappa shape index (κ2) is 13.1. The lowest BCUT2D eigenvalue weighted by Crippen LogP contribution is -2.41. The fraction of sp³-hybridized carbons (Fsp3) is 0.259. The molecule has 0 atom stereocenters. The second-order valence-corrected chi connectivity index (χ2v) is 10.5. The first kappa shape index (κ1) is 27.1. The summed E-state index contributed by atoms with van der Waals surface area (Å²) in [7, 11) is 0. The van der Waals surface area contributed by atoms with Crippen LogP contribution in [0, 0.1) is 0 Å². The number of fused-ring (bicyclic) bond motifs is 1. The first-order chi connectivity index (χ1) is 19.1. The molecule has 5 rings (SSSR count). The van der Waals surface area contributed by atoms with Crippen molar-refractivity contribution < 1.29 is 19.1 Å². The van der Waals surface area contributed by atoms with E-state index in [4.69, 9.17) is 9.47 Å². The van der Waals surface area contributed by atoms with Crippen LogP contribution in [0.2, 0.25) is 0 Å². The molecule has 1 aliphatic heterocycles. The smallest absolute Gasteiger partial charge is 0.388 e. The lowest BCUT2D eigenvalue weighted by molar-refractivity contribution is 0.0385. The molecule has 2 aromatic heterocycles. The van der Waals surface area contributed by atoms with Crippen LogP contribution in [0.25, 0.3) is 10.9 Å². The molecular formula is C27H27BrN6O4S. The molecule has 4 aromatic rings. The molecule has 3 heterocycles. The Kier molecular flexibility index (Phi) is 9.09. The highest BCUT2D eigenvalue weighted by Crippen LogP contribution is 2.32. The summed E-state index contributed by atoms with van der Waals surface area (Å²) in [6.07, 6.45) is 1.15. The summed E-state index contributed by atoms with van der Waals surface area (Å²) in [5.41, 5.74) is 2.34. The van der Waals surface area contributed by atoms with Crippen LogP contribution in [0.1, 0.15) is 15.9 Å². The van der Waals surface area contributed by atoms with Crippen molar-refractivity contribution in [1.82, 2.24) is 25.4 Å². The number of nitrogens with zero attached hydrogens (tertiary/aromatic N) is 3. The number of para-hydroxylation sites is 1. The molecule has 0 radical (unpaired) electrons. The molecule has 3 N–H and O–H groups in total. The number of H-pyrrole nitrogens is 1. The highest BCUT2D eigenvalue weighted by Gasteiger charge is 2.19. The van der Waals surface area contributed by atoms with Crippen LogP contribution in [0.15, 0.2) is 70.2 Å². The third kappa shape index (κ3) is 6.95. The number of rotatable bonds is 9. The largest absolute Gasteiger partial charge is 0.414 e. The standard InChI is InChI=1S/C27H27BrN6O4S/c28-22-24(32-33-26(22)38-27(36)30-11-12-34-13-15-37-16-14-34)31-25(35)20-8-2-1-5-19(20)17-39-21-9-3-6-18-7-4-10-29-23(18)21/h1-10H,11-17H2,(H,30,36)(H2,31,32,33,35). The van der Waals surface area contributed by atoms with Gasteiger partial charge in [0.1, 0.15) is 10.3 Å². The van der Waals surface area contributed by atoms with Crippen LogP contribution in [0.3, 0.4) is 0 Å². The third-order valence-electron chi connectivity index (χ3n) is 6.15. The van der Waals surface area contributed by atoms with Crippen LogP contribution in [0.5, 0.6) is 5.88 Å². The maximum absolute atomic E-state index is 13.2. The number of ether oxygens (including phenoxy) is 2. The Morgan fingerprint density at radius 1 is 1.10 bits per heavy atom. The van der Waals surface area contributed by atoms with Gasteiger partial charge in [0.2, 0.25) is 0 Å². The number of halogens is 1. The van der Waals surface area contributed by atoms with E-state index in [-0.39, 0.29) is 17.6 Å². The molecule has 0 bridgehead atoms. The van der Waals surface area contributed by atoms with E-state index in [9.17, 15) is 9.59 Å². The fourth-order valence-corrected chi connectivity index (χ4v) is 5.53. The van der Waals surface area contributed by atoms with Crippen LogP contribution < -0.4 is 15.4 Å². The van der Waals surface area contributed by atoms with E-state index in [1.165, 1.54) is 0 Å². The molecule has 1 aliphatic rings. The van der Waals surface area contributed by atoms with E-state index in [0.717, 1.165) is 34.5 Å². The minimum Gasteiger partial charge on any atom is -0.388 e. The number of aromatic amines is 1. The van der Waals surface area contributed by atoms with Gasteiger partial charge in [0.05, 0.1) is 18.7 Å². The monoisotopic (exact) mass is 610 g/mol. The molecule has 10 nitrogen and oxygen atoms in total. The van der Waals surface area contributed by atoms with Crippen molar-refractivity contribution in [2.24, 2.45) is 0 Å². The van der Waals surface area contributed by atoms with Crippen molar-refractivity contribution in [1.29, 1.82) is 0 Å². The summed E-state index contributed by atoms with van der Waals surface area (Å²) in [6, 6.07) is 17.4. The quantitative estimate of drug-likeness (QED) is 0.233. The van der Waals surface area contributed by atoms with Gasteiger partial charge in [-0.15, -0.1) is 16.9 Å². The topological polar surface area (TPSA) is 121 Å². The molecule has 0 spiro atoms. The summed E-state index contributed by atoms with van der Waals surface area (Å²) in [5.74, 6) is 0.592. The summed E-state index contributed by atoms with van der Waals surface area (Å²) in [4.78, 5) is 33.2. The van der Waals surface area contributed by atoms with Crippen molar-refractivity contribution >= 4 is 56.4 Å². The van der Waals surface area contributed by atoms with E-state index in [0.29, 0.717) is 42.1 Å². The number of hydrogen-bond donors (Lipinski definition) is 3. The van der Waals surface area contributed by atoms with E-state index in [1.807, 2.05) is 48.5 Å². The van der Waals surface area contributed by atoms with Crippen LogP contribution in [-0.4, -0.2) is 71.5 Å². The summed E-state index contributed by atoms with van der Waals surface area (Å²) in [5, 5.41) is 13.3. The van der Waals surface area contributed by atoms with E-state index in [2.05, 4.69) is 46.6 Å². The highest BCUT2D eigenvalue weighted by atomic mass is 79.9. The maximum atomic E-state index is 13.2. The van der Waals surface area contributed by atoms with Gasteiger partial charge in [0.25, 0.3) is 11.8 Å². The number of benzene rings is 2. The lowest BCUT2D eigenvalue weighted by Gasteiger charge is -2.26. The van der Waals surface area contributed by atoms with Crippen LogP contribution in [-0.2, 0) is 10.5 Å². The minimum absolute atomic E-state index is 0.0291. The minimum atomic E-state index is -0.626. The zero-order chi connectivity index (χ0) is 27.0.